The fourth-order valence-corrected chi connectivity index (χ4v) is 2.81. The molecule has 1 aromatic heterocycles. The summed E-state index contributed by atoms with van der Waals surface area (Å²) in [5.41, 5.74) is 2.18. The van der Waals surface area contributed by atoms with Gasteiger partial charge in [-0.2, -0.15) is 0 Å². The van der Waals surface area contributed by atoms with Crippen LogP contribution < -0.4 is 10.1 Å². The highest BCUT2D eigenvalue weighted by Crippen LogP contribution is 2.40. The van der Waals surface area contributed by atoms with Gasteiger partial charge in [-0.05, 0) is 55.0 Å². The van der Waals surface area contributed by atoms with Gasteiger partial charge in [0.25, 0.3) is 0 Å². The van der Waals surface area contributed by atoms with Crippen LogP contribution in [0.15, 0.2) is 52.7 Å². The summed E-state index contributed by atoms with van der Waals surface area (Å²) in [4.78, 5) is 0. The second kappa shape index (κ2) is 7.47. The molecule has 0 fully saturated rings. The van der Waals surface area contributed by atoms with Crippen molar-refractivity contribution >= 4 is 39.6 Å². The Morgan fingerprint density at radius 1 is 1.21 bits per heavy atom. The van der Waals surface area contributed by atoms with Gasteiger partial charge in [0.15, 0.2) is 5.69 Å². The molecule has 0 spiro atoms. The highest BCUT2D eigenvalue weighted by atomic mass is 32.1. The van der Waals surface area contributed by atoms with Crippen LogP contribution in [-0.4, -0.2) is 21.1 Å². The van der Waals surface area contributed by atoms with E-state index in [9.17, 15) is 18.3 Å². The second-order valence-electron chi connectivity index (χ2n) is 5.96. The molecule has 3 aromatic rings. The van der Waals surface area contributed by atoms with Crippen LogP contribution in [0.3, 0.4) is 0 Å². The Labute approximate surface area is 163 Å². The van der Waals surface area contributed by atoms with Crippen molar-refractivity contribution in [2.24, 2.45) is 17.3 Å². The van der Waals surface area contributed by atoms with Crippen LogP contribution in [0.5, 0.6) is 11.6 Å². The molecule has 0 radical (unpaired) electrons. The van der Waals surface area contributed by atoms with E-state index in [2.05, 4.69) is 20.3 Å². The standard InChI is InChI=1S/C18H15F3N4O2S/c1-10-4-3-5-11(8-10)22-17(28)24-23-15-13-9-12(27-18(19,20)21)6-7-14(13)25(2)16(15)26/h3-9,26H,1-2H3,(H,22,28). The number of aryl methyl sites for hydroxylation is 2. The zero-order chi connectivity index (χ0) is 20.5. The van der Waals surface area contributed by atoms with E-state index in [-0.39, 0.29) is 22.1 Å². The summed E-state index contributed by atoms with van der Waals surface area (Å²) < 4.78 is 42.7. The molecule has 28 heavy (non-hydrogen) atoms. The number of anilines is 1. The lowest BCUT2D eigenvalue weighted by Gasteiger charge is -2.08. The summed E-state index contributed by atoms with van der Waals surface area (Å²) in [6.07, 6.45) is -4.83. The van der Waals surface area contributed by atoms with Crippen molar-refractivity contribution < 1.29 is 23.0 Å². The third-order valence-corrected chi connectivity index (χ3v) is 4.04. The molecule has 0 aliphatic rings. The Hall–Kier alpha value is -3.14. The number of nitrogens with one attached hydrogen (secondary N) is 1. The van der Waals surface area contributed by atoms with Gasteiger partial charge in [0.2, 0.25) is 11.0 Å². The van der Waals surface area contributed by atoms with Crippen molar-refractivity contribution in [2.75, 3.05) is 5.32 Å². The topological polar surface area (TPSA) is 71.1 Å². The van der Waals surface area contributed by atoms with Crippen molar-refractivity contribution in [1.82, 2.24) is 4.57 Å². The van der Waals surface area contributed by atoms with Gasteiger partial charge in [0.05, 0.1) is 5.52 Å². The molecule has 0 atom stereocenters. The van der Waals surface area contributed by atoms with E-state index >= 15 is 0 Å². The van der Waals surface area contributed by atoms with Crippen molar-refractivity contribution in [2.45, 2.75) is 13.3 Å². The highest BCUT2D eigenvalue weighted by molar-refractivity contribution is 7.80. The molecule has 2 aromatic carbocycles. The largest absolute Gasteiger partial charge is 0.573 e. The number of thiocarbonyl (C=S) groups is 1. The first kappa shape index (κ1) is 19.6. The monoisotopic (exact) mass is 408 g/mol. The molecule has 3 rings (SSSR count). The minimum absolute atomic E-state index is 0.0153. The average molecular weight is 408 g/mol. The number of azo groups is 1. The van der Waals surface area contributed by atoms with Crippen molar-refractivity contribution in [3.05, 3.63) is 48.0 Å². The molecular weight excluding hydrogens is 393 g/mol. The smallest absolute Gasteiger partial charge is 0.493 e. The number of aromatic hydroxyl groups is 1. The number of benzene rings is 2. The van der Waals surface area contributed by atoms with E-state index in [1.54, 1.807) is 13.1 Å². The summed E-state index contributed by atoms with van der Waals surface area (Å²) in [5.74, 6) is -0.691. The van der Waals surface area contributed by atoms with Crippen LogP contribution in [-0.2, 0) is 7.05 Å². The summed E-state index contributed by atoms with van der Waals surface area (Å²) in [5, 5.41) is 21.2. The minimum atomic E-state index is -4.83. The fraction of sp³-hybridized carbons (Fsp3) is 0.167. The molecule has 0 amide bonds. The van der Waals surface area contributed by atoms with Gasteiger partial charge < -0.3 is 19.7 Å². The molecular formula is C18H15F3N4O2S. The van der Waals surface area contributed by atoms with E-state index in [4.69, 9.17) is 12.2 Å². The van der Waals surface area contributed by atoms with Gasteiger partial charge in [0.1, 0.15) is 5.75 Å². The van der Waals surface area contributed by atoms with Crippen LogP contribution >= 0.6 is 12.2 Å². The molecule has 0 saturated heterocycles. The first-order chi connectivity index (χ1) is 13.1. The lowest BCUT2D eigenvalue weighted by molar-refractivity contribution is -0.274. The molecule has 1 heterocycles. The SMILES string of the molecule is Cc1cccc(NC(=S)N=Nc2c(O)n(C)c3ccc(OC(F)(F)F)cc23)c1. The number of fused-ring (bicyclic) bond motifs is 1. The number of hydrogen-bond donors (Lipinski definition) is 2. The first-order valence-electron chi connectivity index (χ1n) is 8.00. The van der Waals surface area contributed by atoms with Gasteiger partial charge in [-0.25, -0.2) is 0 Å². The predicted octanol–water partition coefficient (Wildman–Crippen LogP) is 5.57. The molecule has 0 bridgehead atoms. The van der Waals surface area contributed by atoms with E-state index in [0.717, 1.165) is 17.7 Å². The zero-order valence-corrected chi connectivity index (χ0v) is 15.6. The van der Waals surface area contributed by atoms with E-state index in [1.807, 2.05) is 25.1 Å². The molecule has 6 nitrogen and oxygen atoms in total. The minimum Gasteiger partial charge on any atom is -0.493 e. The third kappa shape index (κ3) is 4.39. The molecule has 0 aliphatic heterocycles. The van der Waals surface area contributed by atoms with Crippen molar-refractivity contribution in [3.8, 4) is 11.6 Å². The van der Waals surface area contributed by atoms with Gasteiger partial charge in [0, 0.05) is 18.1 Å². The Morgan fingerprint density at radius 2 is 1.96 bits per heavy atom. The van der Waals surface area contributed by atoms with Gasteiger partial charge in [-0.1, -0.05) is 12.1 Å². The number of rotatable bonds is 3. The van der Waals surface area contributed by atoms with Gasteiger partial charge in [-0.15, -0.1) is 23.4 Å². The summed E-state index contributed by atoms with van der Waals surface area (Å²) >= 11 is 5.12. The summed E-state index contributed by atoms with van der Waals surface area (Å²) in [7, 11) is 1.55. The number of nitrogens with zero attached hydrogens (tertiary/aromatic N) is 3. The van der Waals surface area contributed by atoms with Crippen LogP contribution in [0.25, 0.3) is 10.9 Å². The molecule has 146 valence electrons. The first-order valence-corrected chi connectivity index (χ1v) is 8.41. The third-order valence-electron chi connectivity index (χ3n) is 3.86. The van der Waals surface area contributed by atoms with Crippen LogP contribution in [0.1, 0.15) is 5.56 Å². The summed E-state index contributed by atoms with van der Waals surface area (Å²) in [6, 6.07) is 11.1. The number of halogens is 3. The lowest BCUT2D eigenvalue weighted by Crippen LogP contribution is -2.16. The number of hydrogen-bond acceptors (Lipinski definition) is 4. The average Bonchev–Trinajstić information content (AvgIpc) is 2.82. The Kier molecular flexibility index (Phi) is 5.23. The molecule has 2 N–H and O–H groups in total. The second-order valence-corrected chi connectivity index (χ2v) is 6.34. The lowest BCUT2D eigenvalue weighted by atomic mass is 10.2. The van der Waals surface area contributed by atoms with E-state index < -0.39 is 12.1 Å². The molecule has 0 saturated carbocycles. The highest BCUT2D eigenvalue weighted by Gasteiger charge is 2.31. The van der Waals surface area contributed by atoms with Gasteiger partial charge in [-0.3, -0.25) is 0 Å². The molecule has 0 unspecified atom stereocenters. The number of aromatic nitrogens is 1. The quantitative estimate of drug-likeness (QED) is 0.439. The van der Waals surface area contributed by atoms with E-state index in [1.165, 1.54) is 10.6 Å². The fourth-order valence-electron chi connectivity index (χ4n) is 2.65. The maximum atomic E-state index is 12.5. The Bertz CT molecular complexity index is 1080. The van der Waals surface area contributed by atoms with Gasteiger partial charge >= 0.3 is 6.36 Å². The van der Waals surface area contributed by atoms with E-state index in [0.29, 0.717) is 11.2 Å². The van der Waals surface area contributed by atoms with Crippen LogP contribution in [0.4, 0.5) is 24.5 Å². The molecule has 10 heteroatoms. The maximum absolute atomic E-state index is 12.5. The zero-order valence-electron chi connectivity index (χ0n) is 14.8. The Balaban J connectivity index is 1.90. The molecule has 0 aliphatic carbocycles. The predicted molar refractivity (Wildman–Crippen MR) is 103 cm³/mol. The van der Waals surface area contributed by atoms with Crippen molar-refractivity contribution in [3.63, 3.8) is 0 Å². The number of alkyl halides is 3. The Morgan fingerprint density at radius 3 is 2.64 bits per heavy atom. The van der Waals surface area contributed by atoms with Crippen LogP contribution in [0, 0.1) is 6.92 Å². The van der Waals surface area contributed by atoms with Crippen LogP contribution in [0.2, 0.25) is 0 Å². The number of ether oxygens (including phenoxy) is 1. The normalized spacial score (nSPS) is 11.9. The maximum Gasteiger partial charge on any atom is 0.573 e. The summed E-state index contributed by atoms with van der Waals surface area (Å²) in [6.45, 7) is 1.92. The van der Waals surface area contributed by atoms with Crippen molar-refractivity contribution in [1.29, 1.82) is 0 Å².